The van der Waals surface area contributed by atoms with E-state index in [1.165, 1.54) is 18.2 Å². The van der Waals surface area contributed by atoms with E-state index in [-0.39, 0.29) is 18.7 Å². The van der Waals surface area contributed by atoms with Crippen LogP contribution in [0, 0.1) is 5.82 Å². The summed E-state index contributed by atoms with van der Waals surface area (Å²) in [5.74, 6) is -1.35. The fraction of sp³-hybridized carbons (Fsp3) is 0.263. The lowest BCUT2D eigenvalue weighted by atomic mass is 9.92. The van der Waals surface area contributed by atoms with E-state index in [1.54, 1.807) is 24.3 Å². The quantitative estimate of drug-likeness (QED) is 0.827. The normalized spacial score (nSPS) is 13.7. The molecular weight excluding hydrogens is 341 g/mol. The number of aliphatic carboxylic acids is 1. The van der Waals surface area contributed by atoms with Crippen LogP contribution in [-0.4, -0.2) is 30.2 Å². The van der Waals surface area contributed by atoms with Gasteiger partial charge < -0.3 is 19.9 Å². The number of halogens is 1. The zero-order valence-corrected chi connectivity index (χ0v) is 13.9. The van der Waals surface area contributed by atoms with Crippen LogP contribution in [0.15, 0.2) is 42.5 Å². The zero-order chi connectivity index (χ0) is 18.5. The minimum absolute atomic E-state index is 0.0792. The summed E-state index contributed by atoms with van der Waals surface area (Å²) in [6.45, 7) is 0.911. The lowest BCUT2D eigenvalue weighted by molar-refractivity contribution is -0.137. The van der Waals surface area contributed by atoms with Gasteiger partial charge in [0.1, 0.15) is 19.0 Å². The lowest BCUT2D eigenvalue weighted by Crippen LogP contribution is -2.19. The summed E-state index contributed by atoms with van der Waals surface area (Å²) < 4.78 is 24.3. The van der Waals surface area contributed by atoms with E-state index in [4.69, 9.17) is 14.6 Å². The molecule has 0 aliphatic carbocycles. The number of carbonyl (C=O) groups is 2. The number of carboxylic acids is 1. The van der Waals surface area contributed by atoms with Crippen LogP contribution in [0.5, 0.6) is 11.5 Å². The molecule has 2 aromatic rings. The van der Waals surface area contributed by atoms with Crippen molar-refractivity contribution in [1.82, 2.24) is 0 Å². The number of nitrogens with one attached hydrogen (secondary N) is 1. The monoisotopic (exact) mass is 359 g/mol. The average molecular weight is 359 g/mol. The maximum atomic E-state index is 13.4. The van der Waals surface area contributed by atoms with Gasteiger partial charge in [-0.25, -0.2) is 4.39 Å². The van der Waals surface area contributed by atoms with Crippen LogP contribution in [0.2, 0.25) is 0 Å². The van der Waals surface area contributed by atoms with Gasteiger partial charge >= 0.3 is 5.97 Å². The highest BCUT2D eigenvalue weighted by Gasteiger charge is 2.20. The Morgan fingerprint density at radius 2 is 1.85 bits per heavy atom. The van der Waals surface area contributed by atoms with Crippen LogP contribution in [0.1, 0.15) is 24.3 Å². The van der Waals surface area contributed by atoms with Crippen LogP contribution < -0.4 is 14.8 Å². The molecule has 2 N–H and O–H groups in total. The summed E-state index contributed by atoms with van der Waals surface area (Å²) in [5.41, 5.74) is 0.997. The van der Waals surface area contributed by atoms with Gasteiger partial charge in [0.25, 0.3) is 0 Å². The number of ether oxygens (including phenoxy) is 2. The molecule has 1 aliphatic rings. The van der Waals surface area contributed by atoms with E-state index in [9.17, 15) is 14.0 Å². The van der Waals surface area contributed by atoms with Gasteiger partial charge in [0.15, 0.2) is 11.5 Å². The lowest BCUT2D eigenvalue weighted by Gasteiger charge is -2.19. The van der Waals surface area contributed by atoms with Gasteiger partial charge in [0.2, 0.25) is 5.91 Å². The molecular formula is C19H18FNO5. The molecule has 0 saturated heterocycles. The topological polar surface area (TPSA) is 84.9 Å². The molecule has 2 aromatic carbocycles. The van der Waals surface area contributed by atoms with Crippen molar-refractivity contribution >= 4 is 17.6 Å². The van der Waals surface area contributed by atoms with Crippen LogP contribution in [0.25, 0.3) is 0 Å². The number of fused-ring (bicyclic) bond motifs is 1. The van der Waals surface area contributed by atoms with E-state index in [1.807, 2.05) is 0 Å². The molecule has 1 atom stereocenters. The third-order valence-corrected chi connectivity index (χ3v) is 4.00. The number of hydrogen-bond acceptors (Lipinski definition) is 4. The van der Waals surface area contributed by atoms with Crippen molar-refractivity contribution in [2.24, 2.45) is 0 Å². The first kappa shape index (κ1) is 17.7. The van der Waals surface area contributed by atoms with Gasteiger partial charge in [-0.1, -0.05) is 12.1 Å². The molecule has 0 saturated carbocycles. The third kappa shape index (κ3) is 4.50. The Bertz CT molecular complexity index is 823. The Balaban J connectivity index is 1.70. The molecule has 1 amide bonds. The largest absolute Gasteiger partial charge is 0.486 e. The number of carbonyl (C=O) groups excluding carboxylic acids is 1. The molecule has 6 nitrogen and oxygen atoms in total. The van der Waals surface area contributed by atoms with E-state index in [0.29, 0.717) is 36.0 Å². The predicted molar refractivity (Wildman–Crippen MR) is 92.1 cm³/mol. The maximum Gasteiger partial charge on any atom is 0.303 e. The highest BCUT2D eigenvalue weighted by Crippen LogP contribution is 2.33. The van der Waals surface area contributed by atoms with E-state index < -0.39 is 17.7 Å². The second kappa shape index (κ2) is 7.86. The number of benzene rings is 2. The van der Waals surface area contributed by atoms with Crippen molar-refractivity contribution in [3.8, 4) is 11.5 Å². The van der Waals surface area contributed by atoms with Crippen molar-refractivity contribution in [3.05, 3.63) is 53.8 Å². The van der Waals surface area contributed by atoms with Gasteiger partial charge in [-0.05, 0) is 29.8 Å². The highest BCUT2D eigenvalue weighted by atomic mass is 19.1. The second-order valence-electron chi connectivity index (χ2n) is 5.96. The fourth-order valence-electron chi connectivity index (χ4n) is 2.84. The van der Waals surface area contributed by atoms with E-state index >= 15 is 0 Å². The SMILES string of the molecule is O=C(O)CC(CC(=O)Nc1ccc2c(c1)OCCO2)c1cccc(F)c1. The number of anilines is 1. The molecule has 0 aromatic heterocycles. The predicted octanol–water partition coefficient (Wildman–Crippen LogP) is 3.18. The standard InChI is InChI=1S/C19H18FNO5/c20-14-3-1-2-12(8-14)13(10-19(23)24)9-18(22)21-15-4-5-16-17(11-15)26-7-6-25-16/h1-5,8,11,13H,6-7,9-10H2,(H,21,22)(H,23,24). The molecule has 7 heteroatoms. The van der Waals surface area contributed by atoms with Crippen LogP contribution >= 0.6 is 0 Å². The summed E-state index contributed by atoms with van der Waals surface area (Å²) in [6, 6.07) is 10.7. The summed E-state index contributed by atoms with van der Waals surface area (Å²) in [4.78, 5) is 23.5. The van der Waals surface area contributed by atoms with Crippen molar-refractivity contribution in [1.29, 1.82) is 0 Å². The number of rotatable bonds is 6. The van der Waals surface area contributed by atoms with Crippen molar-refractivity contribution < 1.29 is 28.6 Å². The van der Waals surface area contributed by atoms with Gasteiger partial charge in [0, 0.05) is 24.1 Å². The zero-order valence-electron chi connectivity index (χ0n) is 13.9. The van der Waals surface area contributed by atoms with Crippen LogP contribution in [0.4, 0.5) is 10.1 Å². The van der Waals surface area contributed by atoms with Gasteiger partial charge in [-0.15, -0.1) is 0 Å². The minimum atomic E-state index is -1.05. The Labute approximate surface area is 149 Å². The first-order chi connectivity index (χ1) is 12.5. The smallest absolute Gasteiger partial charge is 0.303 e. The molecule has 0 radical (unpaired) electrons. The van der Waals surface area contributed by atoms with Gasteiger partial charge in [-0.3, -0.25) is 9.59 Å². The minimum Gasteiger partial charge on any atom is -0.486 e. The van der Waals surface area contributed by atoms with Gasteiger partial charge in [0.05, 0.1) is 6.42 Å². The molecule has 136 valence electrons. The third-order valence-electron chi connectivity index (χ3n) is 4.00. The summed E-state index contributed by atoms with van der Waals surface area (Å²) in [5, 5.41) is 11.8. The van der Waals surface area contributed by atoms with Crippen molar-refractivity contribution in [3.63, 3.8) is 0 Å². The highest BCUT2D eigenvalue weighted by molar-refractivity contribution is 5.92. The molecule has 26 heavy (non-hydrogen) atoms. The summed E-state index contributed by atoms with van der Waals surface area (Å²) >= 11 is 0. The van der Waals surface area contributed by atoms with Crippen LogP contribution in [0.3, 0.4) is 0 Å². The molecule has 1 aliphatic heterocycles. The molecule has 0 fully saturated rings. The average Bonchev–Trinajstić information content (AvgIpc) is 2.60. The Morgan fingerprint density at radius 1 is 1.08 bits per heavy atom. The second-order valence-corrected chi connectivity index (χ2v) is 5.96. The first-order valence-electron chi connectivity index (χ1n) is 8.18. The molecule has 3 rings (SSSR count). The summed E-state index contributed by atoms with van der Waals surface area (Å²) in [7, 11) is 0. The summed E-state index contributed by atoms with van der Waals surface area (Å²) in [6.07, 6.45) is -0.345. The van der Waals surface area contributed by atoms with E-state index in [0.717, 1.165) is 0 Å². The molecule has 1 heterocycles. The Kier molecular flexibility index (Phi) is 5.36. The van der Waals surface area contributed by atoms with Crippen molar-refractivity contribution in [2.45, 2.75) is 18.8 Å². The molecule has 0 bridgehead atoms. The first-order valence-corrected chi connectivity index (χ1v) is 8.18. The Morgan fingerprint density at radius 3 is 2.58 bits per heavy atom. The Hall–Kier alpha value is -3.09. The van der Waals surface area contributed by atoms with Gasteiger partial charge in [-0.2, -0.15) is 0 Å². The maximum absolute atomic E-state index is 13.4. The fourth-order valence-corrected chi connectivity index (χ4v) is 2.84. The van der Waals surface area contributed by atoms with Crippen LogP contribution in [-0.2, 0) is 9.59 Å². The van der Waals surface area contributed by atoms with Crippen molar-refractivity contribution in [2.75, 3.05) is 18.5 Å². The number of hydrogen-bond donors (Lipinski definition) is 2. The molecule has 0 spiro atoms. The van der Waals surface area contributed by atoms with E-state index in [2.05, 4.69) is 5.32 Å². The molecule has 1 unspecified atom stereocenters. The number of carboxylic acid groups (broad SMARTS) is 1. The number of amides is 1.